The Balaban J connectivity index is 1.75. The number of carbonyl (C=O) groups is 2. The molecule has 0 saturated heterocycles. The summed E-state index contributed by atoms with van der Waals surface area (Å²) in [4.78, 5) is 25.3. The van der Waals surface area contributed by atoms with Crippen molar-refractivity contribution < 1.29 is 18.8 Å². The van der Waals surface area contributed by atoms with Gasteiger partial charge in [-0.05, 0) is 49.1 Å². The van der Waals surface area contributed by atoms with Gasteiger partial charge in [-0.1, -0.05) is 77.3 Å². The van der Waals surface area contributed by atoms with Crippen molar-refractivity contribution in [3.63, 3.8) is 0 Å². The molecule has 1 atom stereocenters. The van der Waals surface area contributed by atoms with Crippen molar-refractivity contribution in [1.82, 2.24) is 10.4 Å². The van der Waals surface area contributed by atoms with Crippen molar-refractivity contribution in [3.8, 4) is 0 Å². The van der Waals surface area contributed by atoms with Crippen LogP contribution in [0.15, 0.2) is 72.8 Å². The number of carbonyl (C=O) groups excluding carboxylic acids is 2. The van der Waals surface area contributed by atoms with Crippen molar-refractivity contribution in [2.24, 2.45) is 0 Å². The van der Waals surface area contributed by atoms with Crippen LogP contribution in [0.3, 0.4) is 0 Å². The normalized spacial score (nSPS) is 12.2. The minimum absolute atomic E-state index is 0.0255. The number of hydrogen-bond donors (Lipinski definition) is 1. The summed E-state index contributed by atoms with van der Waals surface area (Å²) in [5.41, 5.74) is 0.930. The Kier molecular flexibility index (Phi) is 7.46. The molecule has 2 amide bonds. The third kappa shape index (κ3) is 6.54. The first-order valence-corrected chi connectivity index (χ1v) is 10.7. The van der Waals surface area contributed by atoms with E-state index in [1.54, 1.807) is 20.8 Å². The minimum Gasteiger partial charge on any atom is -0.442 e. The lowest BCUT2D eigenvalue weighted by atomic mass is 10.0. The van der Waals surface area contributed by atoms with E-state index in [0.29, 0.717) is 13.0 Å². The van der Waals surface area contributed by atoms with Crippen molar-refractivity contribution in [2.45, 2.75) is 45.3 Å². The predicted molar refractivity (Wildman–Crippen MR) is 124 cm³/mol. The summed E-state index contributed by atoms with van der Waals surface area (Å²) < 4.78 is 20.2. The van der Waals surface area contributed by atoms with Crippen LogP contribution >= 0.6 is 0 Å². The van der Waals surface area contributed by atoms with Crippen molar-refractivity contribution in [3.05, 3.63) is 83.9 Å². The van der Waals surface area contributed by atoms with E-state index in [4.69, 9.17) is 4.74 Å². The molecule has 1 N–H and O–H groups in total. The summed E-state index contributed by atoms with van der Waals surface area (Å²) in [6.07, 6.45) is -0.548. The Morgan fingerprint density at radius 1 is 0.938 bits per heavy atom. The second kappa shape index (κ2) is 10.3. The Morgan fingerprint density at radius 2 is 1.59 bits per heavy atom. The monoisotopic (exact) mass is 436 g/mol. The maximum Gasteiger partial charge on any atom is 0.439 e. The van der Waals surface area contributed by atoms with E-state index < -0.39 is 23.6 Å². The smallest absolute Gasteiger partial charge is 0.439 e. The predicted octanol–water partition coefficient (Wildman–Crippen LogP) is 5.23. The van der Waals surface area contributed by atoms with E-state index in [1.165, 1.54) is 0 Å². The van der Waals surface area contributed by atoms with Crippen LogP contribution in [0.1, 0.15) is 31.9 Å². The number of fused-ring (bicyclic) bond motifs is 1. The topological polar surface area (TPSA) is 58.6 Å². The zero-order valence-electron chi connectivity index (χ0n) is 18.7. The molecule has 168 valence electrons. The van der Waals surface area contributed by atoms with Gasteiger partial charge in [-0.15, -0.1) is 5.12 Å². The lowest BCUT2D eigenvalue weighted by Gasteiger charge is -2.26. The fraction of sp³-hybridized carbons (Fsp3) is 0.308. The number of halogens is 1. The quantitative estimate of drug-likeness (QED) is 0.516. The summed E-state index contributed by atoms with van der Waals surface area (Å²) in [7, 11) is 0. The number of rotatable bonds is 7. The molecule has 6 heteroatoms. The molecular weight excluding hydrogens is 407 g/mol. The zero-order valence-corrected chi connectivity index (χ0v) is 18.7. The van der Waals surface area contributed by atoms with Crippen molar-refractivity contribution in [2.75, 3.05) is 6.54 Å². The first-order chi connectivity index (χ1) is 15.2. The van der Waals surface area contributed by atoms with Crippen LogP contribution in [0, 0.1) is 0 Å². The number of benzene rings is 3. The van der Waals surface area contributed by atoms with Gasteiger partial charge >= 0.3 is 6.09 Å². The number of amides is 2. The Morgan fingerprint density at radius 3 is 2.28 bits per heavy atom. The van der Waals surface area contributed by atoms with E-state index in [1.807, 2.05) is 72.8 Å². The van der Waals surface area contributed by atoms with Gasteiger partial charge in [0.2, 0.25) is 5.91 Å². The van der Waals surface area contributed by atoms with E-state index in [-0.39, 0.29) is 11.5 Å². The maximum atomic E-state index is 15.1. The number of ether oxygens (including phenoxy) is 1. The minimum atomic E-state index is -1.35. The highest BCUT2D eigenvalue weighted by molar-refractivity contribution is 5.86. The summed E-state index contributed by atoms with van der Waals surface area (Å²) in [5.74, 6) is -0.567. The molecule has 3 rings (SSSR count). The molecule has 0 aliphatic rings. The second-order valence-corrected chi connectivity index (χ2v) is 8.72. The third-order valence-corrected chi connectivity index (χ3v) is 4.94. The molecule has 0 spiro atoms. The van der Waals surface area contributed by atoms with Gasteiger partial charge in [0.15, 0.2) is 6.04 Å². The molecule has 3 aromatic rings. The average molecular weight is 437 g/mol. The van der Waals surface area contributed by atoms with Gasteiger partial charge in [0, 0.05) is 13.0 Å². The molecule has 5 nitrogen and oxygen atoms in total. The van der Waals surface area contributed by atoms with Gasteiger partial charge in [0.1, 0.15) is 5.60 Å². The summed E-state index contributed by atoms with van der Waals surface area (Å²) in [5, 5.41) is 4.69. The molecule has 0 unspecified atom stereocenters. The lowest BCUT2D eigenvalue weighted by Crippen LogP contribution is -2.48. The molecule has 0 fully saturated rings. The van der Waals surface area contributed by atoms with Gasteiger partial charge in [0.25, 0.3) is 0 Å². The largest absolute Gasteiger partial charge is 0.442 e. The molecule has 0 radical (unpaired) electrons. The van der Waals surface area contributed by atoms with Gasteiger partial charge in [-0.25, -0.2) is 4.79 Å². The van der Waals surface area contributed by atoms with Gasteiger partial charge in [-0.3, -0.25) is 4.79 Å². The van der Waals surface area contributed by atoms with E-state index in [0.717, 1.165) is 21.9 Å². The van der Waals surface area contributed by atoms with Gasteiger partial charge < -0.3 is 10.1 Å². The number of nitrogens with zero attached hydrogens (tertiary/aromatic N) is 1. The summed E-state index contributed by atoms with van der Waals surface area (Å²) >= 11 is 0. The fourth-order valence-electron chi connectivity index (χ4n) is 3.39. The van der Waals surface area contributed by atoms with Gasteiger partial charge in [-0.2, -0.15) is 0 Å². The van der Waals surface area contributed by atoms with Crippen LogP contribution in [0.2, 0.25) is 0 Å². The van der Waals surface area contributed by atoms with E-state index in [9.17, 15) is 9.59 Å². The summed E-state index contributed by atoms with van der Waals surface area (Å²) in [6, 6.07) is 21.8. The highest BCUT2D eigenvalue weighted by atomic mass is 19.2. The van der Waals surface area contributed by atoms with Crippen LogP contribution in [-0.2, 0) is 22.4 Å². The molecule has 3 aromatic carbocycles. The van der Waals surface area contributed by atoms with Crippen LogP contribution in [0.4, 0.5) is 9.28 Å². The van der Waals surface area contributed by atoms with Crippen molar-refractivity contribution >= 4 is 22.8 Å². The molecule has 32 heavy (non-hydrogen) atoms. The Bertz CT molecular complexity index is 1060. The van der Waals surface area contributed by atoms with Gasteiger partial charge in [0.05, 0.1) is 0 Å². The molecule has 0 aliphatic carbocycles. The molecule has 0 bridgehead atoms. The van der Waals surface area contributed by atoms with Crippen LogP contribution in [-0.4, -0.2) is 35.3 Å². The van der Waals surface area contributed by atoms with E-state index >= 15 is 4.48 Å². The highest BCUT2D eigenvalue weighted by Crippen LogP contribution is 2.20. The number of nitrogens with one attached hydrogen (secondary N) is 1. The van der Waals surface area contributed by atoms with Crippen LogP contribution in [0.5, 0.6) is 0 Å². The zero-order chi connectivity index (χ0) is 23.1. The Labute approximate surface area is 188 Å². The first kappa shape index (κ1) is 23.3. The SMILES string of the molecule is CC(C)(C)OC(=O)N(F)[C@H](Cc1ccc2ccccc2c1)C(=O)NCCc1ccccc1. The molecule has 0 aromatic heterocycles. The Hall–Kier alpha value is -3.41. The first-order valence-electron chi connectivity index (χ1n) is 10.7. The number of hydrogen-bond acceptors (Lipinski definition) is 3. The second-order valence-electron chi connectivity index (χ2n) is 8.72. The highest BCUT2D eigenvalue weighted by Gasteiger charge is 2.34. The molecule has 0 saturated carbocycles. The molecule has 0 aliphatic heterocycles. The average Bonchev–Trinajstić information content (AvgIpc) is 2.76. The van der Waals surface area contributed by atoms with E-state index in [2.05, 4.69) is 5.32 Å². The lowest BCUT2D eigenvalue weighted by molar-refractivity contribution is -0.133. The fourth-order valence-corrected chi connectivity index (χ4v) is 3.39. The molecular formula is C26H29FN2O3. The van der Waals surface area contributed by atoms with Crippen molar-refractivity contribution in [1.29, 1.82) is 0 Å². The summed E-state index contributed by atoms with van der Waals surface area (Å²) in [6.45, 7) is 5.28. The third-order valence-electron chi connectivity index (χ3n) is 4.94. The maximum absolute atomic E-state index is 15.1. The van der Waals surface area contributed by atoms with Crippen LogP contribution < -0.4 is 5.32 Å². The van der Waals surface area contributed by atoms with Crippen LogP contribution in [0.25, 0.3) is 10.8 Å². The molecule has 0 heterocycles. The standard InChI is InChI=1S/C26H29FN2O3/c1-26(2,3)32-25(31)29(27)23(24(30)28-16-15-19-9-5-4-6-10-19)18-20-13-14-21-11-7-8-12-22(21)17-20/h4-14,17,23H,15-16,18H2,1-3H3,(H,28,30)/t23-/m1/s1.